The summed E-state index contributed by atoms with van der Waals surface area (Å²) in [6.07, 6.45) is 2.54. The van der Waals surface area contributed by atoms with Gasteiger partial charge in [0.15, 0.2) is 0 Å². The van der Waals surface area contributed by atoms with E-state index in [1.807, 2.05) is 0 Å². The van der Waals surface area contributed by atoms with Gasteiger partial charge >= 0.3 is 42.1 Å². The third kappa shape index (κ3) is 32.6. The van der Waals surface area contributed by atoms with Crippen LogP contribution in [0, 0.1) is 0 Å². The molecule has 0 aromatic heterocycles. The molecule has 0 aromatic carbocycles. The fraction of sp³-hybridized carbons (Fsp3) is 1.00. The molecular weight excluding hydrogens is 354 g/mol. The summed E-state index contributed by atoms with van der Waals surface area (Å²) >= 11 is 6.66. The van der Waals surface area contributed by atoms with E-state index in [1.54, 1.807) is 0 Å². The first-order valence-corrected chi connectivity index (χ1v) is 13.0. The van der Waals surface area contributed by atoms with Crippen molar-refractivity contribution in [2.24, 2.45) is 0 Å². The number of hydrogen-bond donors (Lipinski definition) is 3. The predicted molar refractivity (Wildman–Crippen MR) is 64.3 cm³/mol. The molecule has 0 saturated carbocycles. The van der Waals surface area contributed by atoms with Crippen LogP contribution in [0.15, 0.2) is 0 Å². The van der Waals surface area contributed by atoms with Crippen LogP contribution in [0.1, 0.15) is 19.8 Å². The van der Waals surface area contributed by atoms with Crippen LogP contribution in [0.4, 0.5) is 0 Å². The fourth-order valence-electron chi connectivity index (χ4n) is 0.300. The Morgan fingerprint density at radius 2 is 1.64 bits per heavy atom. The monoisotopic (exact) mass is 364 g/mol. The van der Waals surface area contributed by atoms with Gasteiger partial charge in [-0.3, -0.25) is 0 Å². The zero-order valence-corrected chi connectivity index (χ0v) is 12.5. The Morgan fingerprint density at radius 3 is 1.73 bits per heavy atom. The average Bonchev–Trinajstić information content (AvgIpc) is 1.82. The van der Waals surface area contributed by atoms with Crippen molar-refractivity contribution in [3.05, 3.63) is 0 Å². The van der Waals surface area contributed by atoms with Crippen molar-refractivity contribution in [1.82, 2.24) is 0 Å². The molecule has 0 aromatic rings. The van der Waals surface area contributed by atoms with Gasteiger partial charge in [0.05, 0.1) is 0 Å². The molecule has 0 rings (SSSR count). The van der Waals surface area contributed by atoms with Gasteiger partial charge in [0.2, 0.25) is 0 Å². The normalized spacial score (nSPS) is 11.5. The molecule has 0 unspecified atom stereocenters. The zero-order chi connectivity index (χ0) is 9.28. The molecule has 0 aliphatic carbocycles. The van der Waals surface area contributed by atoms with Gasteiger partial charge < -0.3 is 0 Å². The van der Waals surface area contributed by atoms with E-state index < -0.39 is 13.0 Å². The van der Waals surface area contributed by atoms with Crippen LogP contribution < -0.4 is 0 Å². The Kier molecular flexibility index (Phi) is 18.2. The Hall–Kier alpha value is 2.54. The van der Waals surface area contributed by atoms with Gasteiger partial charge in [-0.05, 0) is 12.2 Å². The van der Waals surface area contributed by atoms with Gasteiger partial charge in [-0.2, -0.15) is 8.96 Å². The summed E-state index contributed by atoms with van der Waals surface area (Å²) in [6, 6.07) is 0. The van der Waals surface area contributed by atoms with E-state index in [-0.39, 0.29) is 8.96 Å². The van der Waals surface area contributed by atoms with Gasteiger partial charge in [0.25, 0.3) is 0 Å². The average molecular weight is 366 g/mol. The van der Waals surface area contributed by atoms with Gasteiger partial charge in [-0.25, -0.2) is 0 Å². The summed E-state index contributed by atoms with van der Waals surface area (Å²) in [6.45, 7) is 2.18. The standard InChI is InChI=1S/C4H12S3.3ClH.Rh/c1-2-3-4-7(5)6;;;;/h5-7H,2-4H2,1H3;3*1H;/q;;;;+3/p-3. The van der Waals surface area contributed by atoms with Crippen LogP contribution in [0.5, 0.6) is 0 Å². The minimum absolute atomic E-state index is 0.217. The van der Waals surface area contributed by atoms with Crippen LogP contribution in [0.25, 0.3) is 0 Å². The van der Waals surface area contributed by atoms with Gasteiger partial charge in [0, 0.05) is 0 Å². The second-order valence-corrected chi connectivity index (χ2v) is 14.1. The van der Waals surface area contributed by atoms with E-state index in [4.69, 9.17) is 29.1 Å². The molecule has 0 fully saturated rings. The van der Waals surface area contributed by atoms with Crippen molar-refractivity contribution < 1.29 is 13.0 Å². The molecule has 0 heterocycles. The number of hydrogen-bond acceptors (Lipinski definition) is 2. The van der Waals surface area contributed by atoms with Crippen molar-refractivity contribution in [3.63, 3.8) is 0 Å². The molecule has 0 N–H and O–H groups in total. The Balaban J connectivity index is 0. The second-order valence-electron chi connectivity index (χ2n) is 1.59. The molecule has 0 nitrogen and oxygen atoms in total. The zero-order valence-electron chi connectivity index (χ0n) is 5.93. The molecule has 7 heteroatoms. The molecule has 0 radical (unpaired) electrons. The third-order valence-corrected chi connectivity index (χ3v) is 2.63. The van der Waals surface area contributed by atoms with Crippen molar-refractivity contribution in [2.45, 2.75) is 19.8 Å². The van der Waals surface area contributed by atoms with Gasteiger partial charge in [0.1, 0.15) is 0 Å². The van der Waals surface area contributed by atoms with Gasteiger partial charge in [-0.15, -0.1) is 23.3 Å². The number of halogens is 3. The van der Waals surface area contributed by atoms with Crippen LogP contribution in [0.2, 0.25) is 0 Å². The first kappa shape index (κ1) is 16.0. The van der Waals surface area contributed by atoms with Crippen LogP contribution in [-0.2, 0) is 13.0 Å². The van der Waals surface area contributed by atoms with E-state index in [0.717, 1.165) is 0 Å². The van der Waals surface area contributed by atoms with Gasteiger partial charge in [-0.1, -0.05) is 13.3 Å². The molecule has 0 amide bonds. The van der Waals surface area contributed by atoms with E-state index in [2.05, 4.69) is 30.2 Å². The Morgan fingerprint density at radius 1 is 1.27 bits per heavy atom. The summed E-state index contributed by atoms with van der Waals surface area (Å²) in [5.41, 5.74) is 0. The summed E-state index contributed by atoms with van der Waals surface area (Å²) in [4.78, 5) is 0. The summed E-state index contributed by atoms with van der Waals surface area (Å²) < 4.78 is 0. The van der Waals surface area contributed by atoms with Crippen LogP contribution in [-0.4, -0.2) is 5.75 Å². The molecule has 0 spiro atoms. The Labute approximate surface area is 98.7 Å². The maximum absolute atomic E-state index is 4.94. The van der Waals surface area contributed by atoms with Crippen LogP contribution in [0.3, 0.4) is 0 Å². The quantitative estimate of drug-likeness (QED) is 0.365. The van der Waals surface area contributed by atoms with E-state index in [9.17, 15) is 0 Å². The predicted octanol–water partition coefficient (Wildman–Crippen LogP) is 4.54. The van der Waals surface area contributed by atoms with Crippen molar-refractivity contribution in [1.29, 1.82) is 0 Å². The SMILES string of the molecule is CCCC[SH](S)S.[Cl][Rh]([Cl])[Cl]. The molecular formula is C4H12Cl3RhS3. The van der Waals surface area contributed by atoms with Crippen molar-refractivity contribution in [2.75, 3.05) is 5.75 Å². The number of unbranched alkanes of at least 4 members (excludes halogenated alkanes) is 1. The van der Waals surface area contributed by atoms with E-state index in [1.165, 1.54) is 18.6 Å². The first-order valence-electron chi connectivity index (χ1n) is 2.80. The molecule has 0 atom stereocenters. The van der Waals surface area contributed by atoms with Crippen molar-refractivity contribution in [3.8, 4) is 0 Å². The summed E-state index contributed by atoms with van der Waals surface area (Å²) in [5, 5.41) is 0. The third-order valence-electron chi connectivity index (χ3n) is 0.712. The number of rotatable bonds is 3. The molecule has 0 saturated heterocycles. The fourth-order valence-corrected chi connectivity index (χ4v) is 1.75. The Bertz CT molecular complexity index is 70.8. The molecule has 0 aliphatic rings. The summed E-state index contributed by atoms with van der Waals surface area (Å²) in [5.74, 6) is 1.19. The van der Waals surface area contributed by atoms with E-state index in [0.29, 0.717) is 0 Å². The van der Waals surface area contributed by atoms with Crippen LogP contribution >= 0.6 is 61.4 Å². The topological polar surface area (TPSA) is 0 Å². The van der Waals surface area contributed by atoms with Crippen molar-refractivity contribution >= 4 is 61.4 Å². The minimum atomic E-state index is -1.66. The molecule has 0 bridgehead atoms. The van der Waals surface area contributed by atoms with E-state index >= 15 is 0 Å². The second kappa shape index (κ2) is 12.5. The summed E-state index contributed by atoms with van der Waals surface area (Å²) in [7, 11) is 14.6. The first-order chi connectivity index (χ1) is 5.00. The maximum atomic E-state index is 4.94. The molecule has 11 heavy (non-hydrogen) atoms. The molecule has 76 valence electrons. The molecule has 0 aliphatic heterocycles. The number of thiol groups is 3.